The smallest absolute Gasteiger partial charge is 0.273 e. The molecule has 3 rings (SSSR count). The van der Waals surface area contributed by atoms with E-state index in [0.29, 0.717) is 27.3 Å². The van der Waals surface area contributed by atoms with E-state index in [9.17, 15) is 10.0 Å². The Balaban J connectivity index is 2.16. The number of carbonyl (C=O) groups excluding carboxylic acids is 1. The van der Waals surface area contributed by atoms with Gasteiger partial charge >= 0.3 is 0 Å². The fourth-order valence-corrected chi connectivity index (χ4v) is 2.59. The van der Waals surface area contributed by atoms with Gasteiger partial charge in [0.25, 0.3) is 11.5 Å². The molecular formula is C15H10BrNO3. The molecule has 0 aliphatic carbocycles. The van der Waals surface area contributed by atoms with E-state index in [-0.39, 0.29) is 11.5 Å². The topological polar surface area (TPSA) is 52.4 Å². The van der Waals surface area contributed by atoms with E-state index in [1.54, 1.807) is 49.6 Å². The molecule has 0 aromatic heterocycles. The minimum atomic E-state index is -0.274. The number of Topliss-reactive ketones (excluding diaryl/α,β-unsaturated/α-hetero) is 1. The number of ketones is 1. The maximum Gasteiger partial charge on any atom is 0.273 e. The van der Waals surface area contributed by atoms with Gasteiger partial charge in [-0.25, -0.2) is 0 Å². The lowest BCUT2D eigenvalue weighted by Crippen LogP contribution is -2.16. The van der Waals surface area contributed by atoms with Gasteiger partial charge in [-0.2, -0.15) is 4.74 Å². The second kappa shape index (κ2) is 4.76. The van der Waals surface area contributed by atoms with Crippen molar-refractivity contribution < 1.29 is 14.3 Å². The third-order valence-corrected chi connectivity index (χ3v) is 3.68. The number of nitrogens with zero attached hydrogens (tertiary/aromatic N) is 1. The summed E-state index contributed by atoms with van der Waals surface area (Å²) in [4.78, 5) is 12.4. The van der Waals surface area contributed by atoms with Gasteiger partial charge in [0.05, 0.1) is 12.7 Å². The molecule has 0 amide bonds. The number of fused-ring (bicyclic) bond motifs is 1. The summed E-state index contributed by atoms with van der Waals surface area (Å²) in [6.45, 7) is 0. The average molecular weight is 332 g/mol. The van der Waals surface area contributed by atoms with Crippen molar-refractivity contribution in [2.45, 2.75) is 0 Å². The Hall–Kier alpha value is -2.14. The fourth-order valence-electron chi connectivity index (χ4n) is 2.23. The lowest BCUT2D eigenvalue weighted by atomic mass is 10.0. The third kappa shape index (κ3) is 1.91. The highest BCUT2D eigenvalue weighted by Gasteiger charge is 2.36. The van der Waals surface area contributed by atoms with Gasteiger partial charge in [0, 0.05) is 10.5 Å². The number of hydrogen-bond acceptors (Lipinski definition) is 3. The zero-order chi connectivity index (χ0) is 14.3. The maximum absolute atomic E-state index is 12.4. The molecule has 0 saturated carbocycles. The van der Waals surface area contributed by atoms with Crippen LogP contribution in [0.25, 0.3) is 0 Å². The lowest BCUT2D eigenvalue weighted by molar-refractivity contribution is -0.355. The summed E-state index contributed by atoms with van der Waals surface area (Å²) in [6.07, 6.45) is 0. The quantitative estimate of drug-likeness (QED) is 0.626. The standard InChI is InChI=1S/C15H10BrNO3/c1-20-11-4-2-3-9(7-11)14-15(18)12-8-10(16)5-6-13(12)17(14)19/h2-8H,1H3. The largest absolute Gasteiger partial charge is 0.618 e. The van der Waals surface area contributed by atoms with Crippen molar-refractivity contribution >= 4 is 33.1 Å². The van der Waals surface area contributed by atoms with Crippen LogP contribution in [0.2, 0.25) is 0 Å². The van der Waals surface area contributed by atoms with E-state index < -0.39 is 0 Å². The zero-order valence-corrected chi connectivity index (χ0v) is 12.2. The zero-order valence-electron chi connectivity index (χ0n) is 10.6. The van der Waals surface area contributed by atoms with Crippen molar-refractivity contribution in [2.75, 3.05) is 7.11 Å². The number of ether oxygens (including phenoxy) is 1. The second-order valence-corrected chi connectivity index (χ2v) is 5.28. The minimum absolute atomic E-state index is 0.122. The fraction of sp³-hybridized carbons (Fsp3) is 0.0667. The molecule has 0 fully saturated rings. The Kier molecular flexibility index (Phi) is 3.06. The molecule has 0 atom stereocenters. The van der Waals surface area contributed by atoms with Crippen LogP contribution in [-0.4, -0.2) is 23.3 Å². The number of rotatable bonds is 2. The number of carbonyl (C=O) groups is 1. The molecule has 1 aliphatic heterocycles. The van der Waals surface area contributed by atoms with E-state index in [2.05, 4.69) is 15.9 Å². The van der Waals surface area contributed by atoms with Crippen LogP contribution >= 0.6 is 15.9 Å². The molecule has 0 saturated heterocycles. The van der Waals surface area contributed by atoms with Crippen LogP contribution in [0.3, 0.4) is 0 Å². The summed E-state index contributed by atoms with van der Waals surface area (Å²) in [6, 6.07) is 12.0. The molecular weight excluding hydrogens is 322 g/mol. The first-order valence-electron chi connectivity index (χ1n) is 5.94. The second-order valence-electron chi connectivity index (χ2n) is 4.37. The molecule has 2 aromatic rings. The van der Waals surface area contributed by atoms with Crippen molar-refractivity contribution in [3.8, 4) is 5.75 Å². The van der Waals surface area contributed by atoms with Gasteiger partial charge < -0.3 is 9.94 Å². The number of methoxy groups -OCH3 is 1. The van der Waals surface area contributed by atoms with Crippen molar-refractivity contribution in [1.82, 2.24) is 0 Å². The molecule has 20 heavy (non-hydrogen) atoms. The normalized spacial score (nSPS) is 13.6. The average Bonchev–Trinajstić information content (AvgIpc) is 2.70. The van der Waals surface area contributed by atoms with Crippen LogP contribution in [0.15, 0.2) is 46.9 Å². The lowest BCUT2D eigenvalue weighted by Gasteiger charge is -2.04. The SMILES string of the molecule is COc1cccc(C2=[N+]([O-])c3ccc(Br)cc3C2=O)c1. The first kappa shape index (κ1) is 12.9. The van der Waals surface area contributed by atoms with Crippen LogP contribution in [0.4, 0.5) is 5.69 Å². The van der Waals surface area contributed by atoms with Crippen molar-refractivity contribution in [3.63, 3.8) is 0 Å². The summed E-state index contributed by atoms with van der Waals surface area (Å²) in [5, 5.41) is 12.3. The van der Waals surface area contributed by atoms with Gasteiger partial charge in [0.1, 0.15) is 11.3 Å². The first-order valence-corrected chi connectivity index (χ1v) is 6.74. The van der Waals surface area contributed by atoms with Crippen LogP contribution in [0, 0.1) is 5.21 Å². The summed E-state index contributed by atoms with van der Waals surface area (Å²) in [5.74, 6) is 0.331. The van der Waals surface area contributed by atoms with Gasteiger partial charge in [-0.05, 0) is 30.3 Å². The molecule has 0 spiro atoms. The van der Waals surface area contributed by atoms with Gasteiger partial charge in [0.15, 0.2) is 0 Å². The van der Waals surface area contributed by atoms with E-state index in [4.69, 9.17) is 4.74 Å². The predicted octanol–water partition coefficient (Wildman–Crippen LogP) is 3.29. The van der Waals surface area contributed by atoms with Crippen molar-refractivity contribution in [2.24, 2.45) is 0 Å². The molecule has 0 unspecified atom stereocenters. The van der Waals surface area contributed by atoms with Gasteiger partial charge in [-0.1, -0.05) is 22.0 Å². The molecule has 2 aromatic carbocycles. The molecule has 1 aliphatic rings. The van der Waals surface area contributed by atoms with Crippen molar-refractivity contribution in [1.29, 1.82) is 0 Å². The van der Waals surface area contributed by atoms with Crippen LogP contribution in [0.1, 0.15) is 15.9 Å². The van der Waals surface area contributed by atoms with Crippen LogP contribution < -0.4 is 4.74 Å². The minimum Gasteiger partial charge on any atom is -0.618 e. The van der Waals surface area contributed by atoms with E-state index in [1.807, 2.05) is 0 Å². The molecule has 5 heteroatoms. The molecule has 4 nitrogen and oxygen atoms in total. The van der Waals surface area contributed by atoms with Crippen LogP contribution in [0.5, 0.6) is 5.75 Å². The van der Waals surface area contributed by atoms with Gasteiger partial charge in [-0.15, -0.1) is 0 Å². The Labute approximate surface area is 124 Å². The van der Waals surface area contributed by atoms with Crippen molar-refractivity contribution in [3.05, 3.63) is 63.3 Å². The number of hydrogen-bond donors (Lipinski definition) is 0. The number of halogens is 1. The summed E-state index contributed by atoms with van der Waals surface area (Å²) in [5.41, 5.74) is 1.46. The van der Waals surface area contributed by atoms with Crippen LogP contribution in [-0.2, 0) is 0 Å². The van der Waals surface area contributed by atoms with Gasteiger partial charge in [-0.3, -0.25) is 4.79 Å². The maximum atomic E-state index is 12.4. The first-order chi connectivity index (χ1) is 9.61. The van der Waals surface area contributed by atoms with E-state index >= 15 is 0 Å². The Morgan fingerprint density at radius 2 is 2.00 bits per heavy atom. The highest BCUT2D eigenvalue weighted by Crippen LogP contribution is 2.31. The van der Waals surface area contributed by atoms with Gasteiger partial charge in [0.2, 0.25) is 5.69 Å². The molecule has 0 bridgehead atoms. The predicted molar refractivity (Wildman–Crippen MR) is 78.9 cm³/mol. The molecule has 0 radical (unpaired) electrons. The summed E-state index contributed by atoms with van der Waals surface area (Å²) < 4.78 is 6.58. The monoisotopic (exact) mass is 331 g/mol. The number of benzene rings is 2. The third-order valence-electron chi connectivity index (χ3n) is 3.18. The Bertz CT molecular complexity index is 753. The Morgan fingerprint density at radius 3 is 2.75 bits per heavy atom. The summed E-state index contributed by atoms with van der Waals surface area (Å²) >= 11 is 3.31. The highest BCUT2D eigenvalue weighted by atomic mass is 79.9. The molecule has 100 valence electrons. The summed E-state index contributed by atoms with van der Waals surface area (Å²) in [7, 11) is 1.54. The van der Waals surface area contributed by atoms with E-state index in [1.165, 1.54) is 0 Å². The highest BCUT2D eigenvalue weighted by molar-refractivity contribution is 9.10. The molecule has 0 N–H and O–H groups in total. The van der Waals surface area contributed by atoms with E-state index in [0.717, 1.165) is 4.47 Å². The Morgan fingerprint density at radius 1 is 1.20 bits per heavy atom. The molecule has 1 heterocycles.